The monoisotopic (exact) mass is 639 g/mol. The molecule has 0 amide bonds. The maximum absolute atomic E-state index is 14.1. The van der Waals surface area contributed by atoms with E-state index in [9.17, 15) is 14.7 Å². The Morgan fingerprint density at radius 2 is 1.71 bits per heavy atom. The van der Waals surface area contributed by atoms with Crippen molar-refractivity contribution in [1.82, 2.24) is 5.32 Å². The fraction of sp³-hybridized carbons (Fsp3) is 0.455. The maximum atomic E-state index is 14.1. The lowest BCUT2D eigenvalue weighted by Gasteiger charge is -2.37. The molecule has 3 aliphatic rings. The first-order valence-corrected chi connectivity index (χ1v) is 15.4. The molecule has 0 saturated heterocycles. The van der Waals surface area contributed by atoms with Gasteiger partial charge in [-0.25, -0.2) is 4.79 Å². The van der Waals surface area contributed by atoms with Crippen molar-refractivity contribution in [2.75, 3.05) is 20.8 Å². The number of rotatable bonds is 8. The molecular weight excluding hydrogens is 602 g/mol. The third kappa shape index (κ3) is 5.89. The zero-order valence-electron chi connectivity index (χ0n) is 24.6. The zero-order chi connectivity index (χ0) is 30.0. The van der Waals surface area contributed by atoms with E-state index in [0.717, 1.165) is 43.4 Å². The van der Waals surface area contributed by atoms with Crippen LogP contribution in [0, 0.1) is 0 Å². The summed E-state index contributed by atoms with van der Waals surface area (Å²) in [5, 5.41) is 14.1. The average Bonchev–Trinajstić information content (AvgIpc) is 2.98. The van der Waals surface area contributed by atoms with E-state index in [0.29, 0.717) is 51.4 Å². The molecule has 2 atom stereocenters. The van der Waals surface area contributed by atoms with Gasteiger partial charge in [-0.15, -0.1) is 0 Å². The van der Waals surface area contributed by atoms with E-state index in [1.165, 1.54) is 0 Å². The number of benzene rings is 2. The van der Waals surface area contributed by atoms with Crippen LogP contribution in [0.1, 0.15) is 81.8 Å². The number of dihydropyridines is 1. The van der Waals surface area contributed by atoms with Crippen molar-refractivity contribution in [3.63, 3.8) is 0 Å². The number of hydrogen-bond donors (Lipinski definition) is 2. The Hall–Kier alpha value is -3.46. The molecular formula is C33H38BrNO7. The topological polar surface area (TPSA) is 103 Å². The number of methoxy groups -OCH3 is 2. The number of carbonyl (C=O) groups excluding carboxylic acids is 2. The van der Waals surface area contributed by atoms with Crippen LogP contribution in [0.2, 0.25) is 0 Å². The normalized spacial score (nSPS) is 21.0. The number of esters is 1. The minimum absolute atomic E-state index is 0.0285. The molecule has 224 valence electrons. The van der Waals surface area contributed by atoms with Crippen LogP contribution in [-0.2, 0) is 14.3 Å². The van der Waals surface area contributed by atoms with Gasteiger partial charge in [0.05, 0.1) is 30.9 Å². The van der Waals surface area contributed by atoms with Crippen molar-refractivity contribution in [2.24, 2.45) is 0 Å². The molecule has 2 aromatic carbocycles. The zero-order valence-corrected chi connectivity index (χ0v) is 26.1. The number of carbonyl (C=O) groups is 2. The fourth-order valence-corrected chi connectivity index (χ4v) is 6.87. The number of Topliss-reactive ketones (excluding diaryl/α,β-unsaturated/α-hetero) is 1. The van der Waals surface area contributed by atoms with Crippen molar-refractivity contribution < 1.29 is 33.6 Å². The van der Waals surface area contributed by atoms with Crippen LogP contribution in [0.5, 0.6) is 23.0 Å². The van der Waals surface area contributed by atoms with E-state index < -0.39 is 11.9 Å². The molecule has 0 unspecified atom stereocenters. The van der Waals surface area contributed by atoms with Gasteiger partial charge >= 0.3 is 5.97 Å². The number of ketones is 1. The highest BCUT2D eigenvalue weighted by molar-refractivity contribution is 9.10. The Morgan fingerprint density at radius 3 is 2.40 bits per heavy atom. The number of allylic oxidation sites excluding steroid dienone is 3. The van der Waals surface area contributed by atoms with E-state index in [-0.39, 0.29) is 35.7 Å². The minimum Gasteiger partial charge on any atom is -0.503 e. The molecule has 1 aliphatic heterocycles. The Balaban J connectivity index is 1.57. The molecule has 5 rings (SSSR count). The van der Waals surface area contributed by atoms with Crippen LogP contribution in [0.4, 0.5) is 0 Å². The molecule has 42 heavy (non-hydrogen) atoms. The van der Waals surface area contributed by atoms with Crippen LogP contribution in [-0.4, -0.2) is 43.8 Å². The Bertz CT molecular complexity index is 1440. The average molecular weight is 641 g/mol. The first-order chi connectivity index (χ1) is 20.2. The minimum atomic E-state index is -0.674. The molecule has 2 aromatic rings. The summed E-state index contributed by atoms with van der Waals surface area (Å²) >= 11 is 3.45. The highest BCUT2D eigenvalue weighted by Crippen LogP contribution is 2.49. The number of phenols is 1. The second-order valence-electron chi connectivity index (χ2n) is 11.1. The van der Waals surface area contributed by atoms with Crippen LogP contribution in [0.15, 0.2) is 57.3 Å². The maximum Gasteiger partial charge on any atom is 0.337 e. The number of nitrogens with one attached hydrogen (secondary N) is 1. The number of halogens is 1. The summed E-state index contributed by atoms with van der Waals surface area (Å²) in [5.41, 5.74) is 4.05. The van der Waals surface area contributed by atoms with Gasteiger partial charge in [-0.1, -0.05) is 12.5 Å². The van der Waals surface area contributed by atoms with Crippen LogP contribution < -0.4 is 19.5 Å². The summed E-state index contributed by atoms with van der Waals surface area (Å²) in [6, 6.07) is 9.22. The molecule has 1 saturated carbocycles. The Kier molecular flexibility index (Phi) is 9.16. The lowest BCUT2D eigenvalue weighted by Crippen LogP contribution is -2.37. The highest BCUT2D eigenvalue weighted by atomic mass is 79.9. The second kappa shape index (κ2) is 12.8. The number of hydrogen-bond acceptors (Lipinski definition) is 8. The van der Waals surface area contributed by atoms with E-state index in [1.807, 2.05) is 32.0 Å². The first kappa shape index (κ1) is 30.0. The van der Waals surface area contributed by atoms with Crippen LogP contribution >= 0.6 is 15.9 Å². The van der Waals surface area contributed by atoms with E-state index in [1.54, 1.807) is 26.4 Å². The molecule has 0 radical (unpaired) electrons. The van der Waals surface area contributed by atoms with Gasteiger partial charge in [0.2, 0.25) is 0 Å². The van der Waals surface area contributed by atoms with Gasteiger partial charge in [0.25, 0.3) is 0 Å². The number of aromatic hydroxyl groups is 1. The van der Waals surface area contributed by atoms with Gasteiger partial charge < -0.3 is 29.4 Å². The third-order valence-electron chi connectivity index (χ3n) is 8.44. The van der Waals surface area contributed by atoms with Crippen molar-refractivity contribution in [2.45, 2.75) is 76.7 Å². The molecule has 1 fully saturated rings. The van der Waals surface area contributed by atoms with Gasteiger partial charge in [-0.05, 0) is 103 Å². The smallest absolute Gasteiger partial charge is 0.337 e. The summed E-state index contributed by atoms with van der Waals surface area (Å²) in [7, 11) is 3.19. The number of phenolic OH excluding ortho intramolecular Hbond substituents is 1. The molecule has 9 heteroatoms. The van der Waals surface area contributed by atoms with E-state index in [2.05, 4.69) is 21.2 Å². The second-order valence-corrected chi connectivity index (χ2v) is 11.9. The largest absolute Gasteiger partial charge is 0.503 e. The Labute approximate surface area is 255 Å². The predicted octanol–water partition coefficient (Wildman–Crippen LogP) is 6.81. The standard InChI is InChI=1S/C33H38BrNO7/c1-5-41-28-17-21(13-23(34)32(28)37)30-29(33(38)42-22-9-7-6-8-10-22)18(2)35-24-14-20(15-25(36)31(24)30)19-11-12-26(39-3)27(16-19)40-4/h11-13,16-17,20,22,30,35,37H,5-10,14-15H2,1-4H3/t20-,30+/m1/s1. The van der Waals surface area contributed by atoms with Crippen molar-refractivity contribution >= 4 is 27.7 Å². The molecule has 2 aliphatic carbocycles. The van der Waals surface area contributed by atoms with Gasteiger partial charge in [0, 0.05) is 29.3 Å². The van der Waals surface area contributed by atoms with Gasteiger partial charge in [0.15, 0.2) is 28.8 Å². The quantitative estimate of drug-likeness (QED) is 0.304. The fourth-order valence-electron chi connectivity index (χ4n) is 6.41. The van der Waals surface area contributed by atoms with Gasteiger partial charge in [-0.2, -0.15) is 0 Å². The lowest BCUT2D eigenvalue weighted by atomic mass is 9.71. The van der Waals surface area contributed by atoms with Crippen molar-refractivity contribution in [3.05, 3.63) is 68.5 Å². The summed E-state index contributed by atoms with van der Waals surface area (Å²) in [6.45, 7) is 4.04. The van der Waals surface area contributed by atoms with Gasteiger partial charge in [0.1, 0.15) is 6.10 Å². The van der Waals surface area contributed by atoms with Gasteiger partial charge in [-0.3, -0.25) is 4.79 Å². The highest BCUT2D eigenvalue weighted by Gasteiger charge is 2.42. The van der Waals surface area contributed by atoms with Crippen molar-refractivity contribution in [1.29, 1.82) is 0 Å². The van der Waals surface area contributed by atoms with Crippen LogP contribution in [0.3, 0.4) is 0 Å². The SMILES string of the molecule is CCOc1cc([C@H]2C(C(=O)OC3CCCCC3)=C(C)NC3=C2C(=O)C[C@H](c2ccc(OC)c(OC)c2)C3)cc(Br)c1O. The molecule has 0 bridgehead atoms. The lowest BCUT2D eigenvalue weighted by molar-refractivity contribution is -0.146. The summed E-state index contributed by atoms with van der Waals surface area (Å²) in [4.78, 5) is 27.9. The number of ether oxygens (including phenoxy) is 4. The van der Waals surface area contributed by atoms with E-state index in [4.69, 9.17) is 18.9 Å². The van der Waals surface area contributed by atoms with Crippen LogP contribution in [0.25, 0.3) is 0 Å². The summed E-state index contributed by atoms with van der Waals surface area (Å²) in [5.74, 6) is 0.267. The van der Waals surface area contributed by atoms with Crippen molar-refractivity contribution in [3.8, 4) is 23.0 Å². The Morgan fingerprint density at radius 1 is 1.00 bits per heavy atom. The van der Waals surface area contributed by atoms with E-state index >= 15 is 0 Å². The molecule has 0 spiro atoms. The first-order valence-electron chi connectivity index (χ1n) is 14.6. The third-order valence-corrected chi connectivity index (χ3v) is 9.04. The molecule has 1 heterocycles. The predicted molar refractivity (Wildman–Crippen MR) is 162 cm³/mol. The molecule has 2 N–H and O–H groups in total. The summed E-state index contributed by atoms with van der Waals surface area (Å²) < 4.78 is 23.1. The molecule has 0 aromatic heterocycles. The molecule has 8 nitrogen and oxygen atoms in total. The summed E-state index contributed by atoms with van der Waals surface area (Å²) in [6.07, 6.45) is 5.61.